The lowest BCUT2D eigenvalue weighted by atomic mass is 9.79. The molecule has 288 valence electrons. The van der Waals surface area contributed by atoms with E-state index in [4.69, 9.17) is 19.9 Å². The number of aromatic nitrogens is 6. The van der Waals surface area contributed by atoms with E-state index >= 15 is 0 Å². The molecule has 0 saturated carbocycles. The lowest BCUT2D eigenvalue weighted by molar-refractivity contribution is 0.764. The molecule has 6 heteroatoms. The van der Waals surface area contributed by atoms with Gasteiger partial charge in [0, 0.05) is 28.1 Å². The minimum atomic E-state index is 0.386. The molecule has 0 fully saturated rings. The number of benzene rings is 8. The fourth-order valence-corrected chi connectivity index (χ4v) is 9.45. The van der Waals surface area contributed by atoms with Crippen LogP contribution in [0.3, 0.4) is 0 Å². The largest absolute Gasteiger partial charge is 0.291 e. The van der Waals surface area contributed by atoms with Crippen molar-refractivity contribution < 1.29 is 0 Å². The number of fused-ring (bicyclic) bond motifs is 1. The van der Waals surface area contributed by atoms with Crippen LogP contribution in [0.4, 0.5) is 0 Å². The van der Waals surface area contributed by atoms with Gasteiger partial charge in [-0.2, -0.15) is 0 Å². The molecule has 3 heterocycles. The Hall–Kier alpha value is -7.96. The molecule has 3 aromatic heterocycles. The van der Waals surface area contributed by atoms with Gasteiger partial charge in [-0.15, -0.1) is 0 Å². The molecule has 61 heavy (non-hydrogen) atoms. The topological polar surface area (TPSA) is 61.4 Å². The monoisotopic (exact) mass is 782 g/mol. The molecular weight excluding hydrogens is 745 g/mol. The molecule has 0 amide bonds. The van der Waals surface area contributed by atoms with E-state index in [1.165, 1.54) is 27.3 Å². The van der Waals surface area contributed by atoms with Crippen molar-refractivity contribution in [1.29, 1.82) is 0 Å². The first kappa shape index (κ1) is 35.0. The van der Waals surface area contributed by atoms with E-state index in [-0.39, 0.29) is 0 Å². The average molecular weight is 783 g/mol. The Morgan fingerprint density at radius 2 is 1.11 bits per heavy atom. The van der Waals surface area contributed by atoms with Crippen molar-refractivity contribution >= 4 is 32.6 Å². The molecule has 0 saturated heterocycles. The third-order valence-corrected chi connectivity index (χ3v) is 12.2. The maximum Gasteiger partial charge on any atom is 0.164 e. The van der Waals surface area contributed by atoms with Crippen LogP contribution in [0.15, 0.2) is 194 Å². The van der Waals surface area contributed by atoms with Gasteiger partial charge in [-0.1, -0.05) is 159 Å². The van der Waals surface area contributed by atoms with Gasteiger partial charge in [-0.25, -0.2) is 19.9 Å². The van der Waals surface area contributed by atoms with E-state index in [1.54, 1.807) is 0 Å². The third-order valence-electron chi connectivity index (χ3n) is 12.2. The van der Waals surface area contributed by atoms with Gasteiger partial charge in [0.05, 0.1) is 22.4 Å². The van der Waals surface area contributed by atoms with Gasteiger partial charge in [0.15, 0.2) is 17.5 Å². The molecule has 6 nitrogen and oxygen atoms in total. The van der Waals surface area contributed by atoms with Crippen LogP contribution in [0.1, 0.15) is 24.0 Å². The Balaban J connectivity index is 1.20. The van der Waals surface area contributed by atoms with Gasteiger partial charge < -0.3 is 0 Å². The minimum absolute atomic E-state index is 0.386. The normalized spacial score (nSPS) is 13.4. The standard InChI is InChI=1S/C55H38N6/c1-35-33-39-22-16-21-36-29-30-43-44(32-31-42(35)50(43)49(36)39)53-56-46(54-58-45-27-14-15-28-48(45)60(54)40-23-10-4-11-24-40)34-47(57-53)55-59-51(37-17-6-2-7-18-37)52(38-19-8-3-9-20-38)61(55)41-25-12-5-13-26-41/h2-32,34-35H,33H2,1H3. The first-order valence-corrected chi connectivity index (χ1v) is 20.9. The van der Waals surface area contributed by atoms with Gasteiger partial charge in [0.25, 0.3) is 0 Å². The minimum Gasteiger partial charge on any atom is -0.291 e. The summed E-state index contributed by atoms with van der Waals surface area (Å²) in [6, 6.07) is 68.0. The second-order valence-corrected chi connectivity index (χ2v) is 15.9. The first-order valence-electron chi connectivity index (χ1n) is 20.9. The summed E-state index contributed by atoms with van der Waals surface area (Å²) >= 11 is 0. The second kappa shape index (κ2) is 14.1. The predicted molar refractivity (Wildman–Crippen MR) is 248 cm³/mol. The maximum atomic E-state index is 5.59. The summed E-state index contributed by atoms with van der Waals surface area (Å²) in [4.78, 5) is 22.0. The number of rotatable bonds is 7. The predicted octanol–water partition coefficient (Wildman–Crippen LogP) is 13.3. The van der Waals surface area contributed by atoms with Crippen molar-refractivity contribution in [2.45, 2.75) is 19.3 Å². The van der Waals surface area contributed by atoms with E-state index < -0.39 is 0 Å². The van der Waals surface area contributed by atoms with E-state index in [1.807, 2.05) is 18.2 Å². The zero-order valence-corrected chi connectivity index (χ0v) is 33.4. The quantitative estimate of drug-likeness (QED) is 0.151. The molecule has 0 bridgehead atoms. The van der Waals surface area contributed by atoms with Crippen LogP contribution in [0, 0.1) is 0 Å². The van der Waals surface area contributed by atoms with Gasteiger partial charge in [0.2, 0.25) is 0 Å². The highest BCUT2D eigenvalue weighted by Gasteiger charge is 2.28. The summed E-state index contributed by atoms with van der Waals surface area (Å²) in [7, 11) is 0. The highest BCUT2D eigenvalue weighted by Crippen LogP contribution is 2.45. The van der Waals surface area contributed by atoms with E-state index in [9.17, 15) is 0 Å². The molecule has 0 aliphatic heterocycles. The summed E-state index contributed by atoms with van der Waals surface area (Å²) in [5.74, 6) is 2.44. The van der Waals surface area contributed by atoms with Crippen molar-refractivity contribution in [2.24, 2.45) is 0 Å². The molecule has 8 aromatic carbocycles. The van der Waals surface area contributed by atoms with Crippen molar-refractivity contribution in [1.82, 2.24) is 29.1 Å². The Labute approximate surface area is 353 Å². The summed E-state index contributed by atoms with van der Waals surface area (Å²) in [6.07, 6.45) is 1.02. The number of hydrogen-bond acceptors (Lipinski definition) is 4. The van der Waals surface area contributed by atoms with Gasteiger partial charge in [-0.3, -0.25) is 9.13 Å². The Morgan fingerprint density at radius 1 is 0.492 bits per heavy atom. The first-order chi connectivity index (χ1) is 30.2. The van der Waals surface area contributed by atoms with Crippen LogP contribution in [-0.4, -0.2) is 29.1 Å². The van der Waals surface area contributed by atoms with Crippen molar-refractivity contribution in [3.05, 3.63) is 205 Å². The smallest absolute Gasteiger partial charge is 0.164 e. The average Bonchev–Trinajstić information content (AvgIpc) is 3.92. The molecule has 0 radical (unpaired) electrons. The van der Waals surface area contributed by atoms with Crippen LogP contribution in [0.25, 0.3) is 101 Å². The SMILES string of the molecule is CC1Cc2cccc3ccc4c(-c5nc(-c6nc(-c7ccccc7)c(-c7ccccc7)n6-c6ccccc6)cc(-c6nc7ccccc7n6-c6ccccc6)n5)ccc1c4c23. The Kier molecular flexibility index (Phi) is 8.10. The summed E-state index contributed by atoms with van der Waals surface area (Å²) in [5.41, 5.74) is 12.9. The van der Waals surface area contributed by atoms with Crippen LogP contribution >= 0.6 is 0 Å². The molecule has 12 rings (SSSR count). The fourth-order valence-electron chi connectivity index (χ4n) is 9.45. The molecule has 11 aromatic rings. The summed E-state index contributed by atoms with van der Waals surface area (Å²) < 4.78 is 4.47. The van der Waals surface area contributed by atoms with Crippen LogP contribution in [0.5, 0.6) is 0 Å². The lowest BCUT2D eigenvalue weighted by Gasteiger charge is -2.25. The molecule has 0 spiro atoms. The van der Waals surface area contributed by atoms with E-state index in [2.05, 4.69) is 192 Å². The zero-order valence-electron chi connectivity index (χ0n) is 33.4. The lowest BCUT2D eigenvalue weighted by Crippen LogP contribution is -2.08. The maximum absolute atomic E-state index is 5.59. The van der Waals surface area contributed by atoms with Crippen molar-refractivity contribution in [3.63, 3.8) is 0 Å². The molecule has 1 unspecified atom stereocenters. The zero-order chi connectivity index (χ0) is 40.4. The fraction of sp³-hybridized carbons (Fsp3) is 0.0545. The molecule has 1 aliphatic carbocycles. The summed E-state index contributed by atoms with van der Waals surface area (Å²) in [5, 5.41) is 5.02. The van der Waals surface area contributed by atoms with Crippen LogP contribution < -0.4 is 0 Å². The summed E-state index contributed by atoms with van der Waals surface area (Å²) in [6.45, 7) is 2.34. The highest BCUT2D eigenvalue weighted by molar-refractivity contribution is 6.15. The van der Waals surface area contributed by atoms with Gasteiger partial charge in [0.1, 0.15) is 11.4 Å². The van der Waals surface area contributed by atoms with Gasteiger partial charge >= 0.3 is 0 Å². The Bertz CT molecular complexity index is 3440. The number of imidazole rings is 2. The number of nitrogens with zero attached hydrogens (tertiary/aromatic N) is 6. The van der Waals surface area contributed by atoms with Crippen LogP contribution in [-0.2, 0) is 6.42 Å². The second-order valence-electron chi connectivity index (χ2n) is 15.9. The molecule has 1 aliphatic rings. The highest BCUT2D eigenvalue weighted by atomic mass is 15.1. The number of para-hydroxylation sites is 4. The third kappa shape index (κ3) is 5.71. The number of hydrogen-bond donors (Lipinski definition) is 0. The molecular formula is C55H38N6. The van der Waals surface area contributed by atoms with Gasteiger partial charge in [-0.05, 0) is 87.5 Å². The molecule has 1 atom stereocenters. The van der Waals surface area contributed by atoms with Crippen molar-refractivity contribution in [2.75, 3.05) is 0 Å². The van der Waals surface area contributed by atoms with E-state index in [0.29, 0.717) is 29.0 Å². The Morgan fingerprint density at radius 3 is 1.84 bits per heavy atom. The van der Waals surface area contributed by atoms with Crippen molar-refractivity contribution in [3.8, 4) is 68.3 Å². The van der Waals surface area contributed by atoms with Crippen LogP contribution in [0.2, 0.25) is 0 Å². The molecule has 0 N–H and O–H groups in total. The van der Waals surface area contributed by atoms with E-state index in [0.717, 1.165) is 68.1 Å².